The maximum atomic E-state index is 11.6. The molecule has 0 unspecified atom stereocenters. The van der Waals surface area contributed by atoms with Crippen molar-refractivity contribution in [1.82, 2.24) is 15.2 Å². The molecular formula is C12H14N4O3. The Labute approximate surface area is 110 Å². The minimum absolute atomic E-state index is 0.105. The van der Waals surface area contributed by atoms with Gasteiger partial charge in [0.1, 0.15) is 5.75 Å². The highest BCUT2D eigenvalue weighted by Gasteiger charge is 2.07. The third-order valence-corrected chi connectivity index (χ3v) is 2.30. The van der Waals surface area contributed by atoms with E-state index in [9.17, 15) is 4.79 Å². The maximum Gasteiger partial charge on any atom is 0.336 e. The third kappa shape index (κ3) is 3.70. The van der Waals surface area contributed by atoms with Crippen molar-refractivity contribution >= 4 is 11.9 Å². The summed E-state index contributed by atoms with van der Waals surface area (Å²) in [7, 11) is 1.44. The van der Waals surface area contributed by atoms with E-state index in [2.05, 4.69) is 20.5 Å². The van der Waals surface area contributed by atoms with E-state index in [0.29, 0.717) is 5.75 Å². The van der Waals surface area contributed by atoms with Crippen LogP contribution in [0.5, 0.6) is 11.8 Å². The molecule has 0 atom stereocenters. The van der Waals surface area contributed by atoms with E-state index < -0.39 is 0 Å². The standard InChI is InChI=1S/C12H14N4O3/c1-8-3-5-9(6-4-8)19-7-10(17)13-11-14-12(18-2)16-15-11/h3-6H,7H2,1-2H3,(H2,13,14,15,16,17). The van der Waals surface area contributed by atoms with E-state index in [1.807, 2.05) is 19.1 Å². The van der Waals surface area contributed by atoms with Crippen LogP contribution in [0.3, 0.4) is 0 Å². The van der Waals surface area contributed by atoms with Crippen LogP contribution in [0.4, 0.5) is 5.95 Å². The van der Waals surface area contributed by atoms with Crippen LogP contribution in [0.25, 0.3) is 0 Å². The zero-order valence-corrected chi connectivity index (χ0v) is 10.6. The Balaban J connectivity index is 1.82. The average molecular weight is 262 g/mol. The van der Waals surface area contributed by atoms with Crippen molar-refractivity contribution in [2.75, 3.05) is 19.0 Å². The number of aryl methyl sites for hydroxylation is 1. The predicted octanol–water partition coefficient (Wildman–Crippen LogP) is 1.14. The molecule has 0 saturated heterocycles. The van der Waals surface area contributed by atoms with Crippen LogP contribution < -0.4 is 14.8 Å². The van der Waals surface area contributed by atoms with E-state index in [1.54, 1.807) is 12.1 Å². The summed E-state index contributed by atoms with van der Waals surface area (Å²) in [5.74, 6) is 0.518. The molecule has 100 valence electrons. The SMILES string of the molecule is COc1n[nH]c(NC(=O)COc2ccc(C)cc2)n1. The fourth-order valence-electron chi connectivity index (χ4n) is 1.35. The smallest absolute Gasteiger partial charge is 0.336 e. The van der Waals surface area contributed by atoms with E-state index >= 15 is 0 Å². The molecule has 1 amide bonds. The first-order chi connectivity index (χ1) is 9.17. The molecule has 7 heteroatoms. The predicted molar refractivity (Wildman–Crippen MR) is 68.2 cm³/mol. The van der Waals surface area contributed by atoms with Crippen molar-refractivity contribution in [2.24, 2.45) is 0 Å². The number of ether oxygens (including phenoxy) is 2. The Morgan fingerprint density at radius 1 is 1.37 bits per heavy atom. The lowest BCUT2D eigenvalue weighted by Crippen LogP contribution is -2.20. The van der Waals surface area contributed by atoms with E-state index in [4.69, 9.17) is 9.47 Å². The van der Waals surface area contributed by atoms with Crippen molar-refractivity contribution in [2.45, 2.75) is 6.92 Å². The van der Waals surface area contributed by atoms with Gasteiger partial charge in [0.2, 0.25) is 5.95 Å². The highest BCUT2D eigenvalue weighted by Crippen LogP contribution is 2.11. The van der Waals surface area contributed by atoms with Gasteiger partial charge in [0, 0.05) is 0 Å². The number of rotatable bonds is 5. The molecule has 0 aliphatic heterocycles. The lowest BCUT2D eigenvalue weighted by Gasteiger charge is -2.05. The number of aromatic amines is 1. The quantitative estimate of drug-likeness (QED) is 0.843. The fourth-order valence-corrected chi connectivity index (χ4v) is 1.35. The topological polar surface area (TPSA) is 89.1 Å². The average Bonchev–Trinajstić information content (AvgIpc) is 2.86. The molecule has 2 N–H and O–H groups in total. The lowest BCUT2D eigenvalue weighted by atomic mass is 10.2. The number of methoxy groups -OCH3 is 1. The van der Waals surface area contributed by atoms with Crippen LogP contribution in [0.2, 0.25) is 0 Å². The molecule has 2 aromatic rings. The Morgan fingerprint density at radius 3 is 2.74 bits per heavy atom. The number of aromatic nitrogens is 3. The largest absolute Gasteiger partial charge is 0.484 e. The number of hydrogen-bond donors (Lipinski definition) is 2. The Morgan fingerprint density at radius 2 is 2.11 bits per heavy atom. The van der Waals surface area contributed by atoms with Crippen molar-refractivity contribution < 1.29 is 14.3 Å². The summed E-state index contributed by atoms with van der Waals surface area (Å²) < 4.78 is 10.1. The fraction of sp³-hybridized carbons (Fsp3) is 0.250. The molecular weight excluding hydrogens is 248 g/mol. The summed E-state index contributed by atoms with van der Waals surface area (Å²) in [6.07, 6.45) is 0. The van der Waals surface area contributed by atoms with Gasteiger partial charge in [0.25, 0.3) is 5.91 Å². The summed E-state index contributed by atoms with van der Waals surface area (Å²) >= 11 is 0. The van der Waals surface area contributed by atoms with Crippen LogP contribution in [-0.4, -0.2) is 34.8 Å². The minimum atomic E-state index is -0.334. The Hall–Kier alpha value is -2.57. The number of benzene rings is 1. The molecule has 7 nitrogen and oxygen atoms in total. The van der Waals surface area contributed by atoms with Gasteiger partial charge < -0.3 is 9.47 Å². The van der Waals surface area contributed by atoms with Gasteiger partial charge in [-0.15, -0.1) is 5.10 Å². The normalized spacial score (nSPS) is 10.0. The second-order valence-electron chi connectivity index (χ2n) is 3.82. The summed E-state index contributed by atoms with van der Waals surface area (Å²) in [6, 6.07) is 7.60. The number of carbonyl (C=O) groups excluding carboxylic acids is 1. The number of anilines is 1. The molecule has 0 fully saturated rings. The zero-order chi connectivity index (χ0) is 13.7. The molecule has 0 spiro atoms. The van der Waals surface area contributed by atoms with Gasteiger partial charge in [-0.25, -0.2) is 5.10 Å². The van der Waals surface area contributed by atoms with Gasteiger partial charge >= 0.3 is 6.01 Å². The zero-order valence-electron chi connectivity index (χ0n) is 10.6. The molecule has 1 heterocycles. The molecule has 2 rings (SSSR count). The maximum absolute atomic E-state index is 11.6. The first-order valence-electron chi connectivity index (χ1n) is 5.63. The van der Waals surface area contributed by atoms with Crippen molar-refractivity contribution in [3.8, 4) is 11.8 Å². The third-order valence-electron chi connectivity index (χ3n) is 2.30. The van der Waals surface area contributed by atoms with E-state index in [0.717, 1.165) is 5.56 Å². The number of nitrogens with zero attached hydrogens (tertiary/aromatic N) is 2. The molecule has 0 aliphatic rings. The van der Waals surface area contributed by atoms with E-state index in [-0.39, 0.29) is 24.5 Å². The molecule has 0 aliphatic carbocycles. The molecule has 0 bridgehead atoms. The van der Waals surface area contributed by atoms with Gasteiger partial charge in [-0.3, -0.25) is 10.1 Å². The van der Waals surface area contributed by atoms with Crippen LogP contribution in [0, 0.1) is 6.92 Å². The molecule has 1 aromatic heterocycles. The van der Waals surface area contributed by atoms with Crippen molar-refractivity contribution in [3.63, 3.8) is 0 Å². The molecule has 19 heavy (non-hydrogen) atoms. The Bertz CT molecular complexity index is 550. The molecule has 1 aromatic carbocycles. The van der Waals surface area contributed by atoms with Crippen LogP contribution in [0.1, 0.15) is 5.56 Å². The summed E-state index contributed by atoms with van der Waals surface area (Å²) in [5, 5.41) is 8.73. The first-order valence-corrected chi connectivity index (χ1v) is 5.63. The van der Waals surface area contributed by atoms with Gasteiger partial charge in [-0.1, -0.05) is 17.7 Å². The van der Waals surface area contributed by atoms with Gasteiger partial charge in [-0.2, -0.15) is 4.98 Å². The van der Waals surface area contributed by atoms with Crippen molar-refractivity contribution in [1.29, 1.82) is 0 Å². The number of hydrogen-bond acceptors (Lipinski definition) is 5. The van der Waals surface area contributed by atoms with Gasteiger partial charge in [-0.05, 0) is 19.1 Å². The number of amides is 1. The second kappa shape index (κ2) is 5.85. The van der Waals surface area contributed by atoms with Gasteiger partial charge in [0.15, 0.2) is 6.61 Å². The number of H-pyrrole nitrogens is 1. The highest BCUT2D eigenvalue weighted by molar-refractivity contribution is 5.90. The summed E-state index contributed by atoms with van der Waals surface area (Å²) in [5.41, 5.74) is 1.13. The monoisotopic (exact) mass is 262 g/mol. The summed E-state index contributed by atoms with van der Waals surface area (Å²) in [4.78, 5) is 15.4. The van der Waals surface area contributed by atoms with Crippen LogP contribution in [0.15, 0.2) is 24.3 Å². The summed E-state index contributed by atoms with van der Waals surface area (Å²) in [6.45, 7) is 1.87. The van der Waals surface area contributed by atoms with Crippen molar-refractivity contribution in [3.05, 3.63) is 29.8 Å². The molecule has 0 radical (unpaired) electrons. The van der Waals surface area contributed by atoms with E-state index in [1.165, 1.54) is 7.11 Å². The second-order valence-corrected chi connectivity index (χ2v) is 3.82. The minimum Gasteiger partial charge on any atom is -0.484 e. The number of carbonyl (C=O) groups is 1. The van der Waals surface area contributed by atoms with Gasteiger partial charge in [0.05, 0.1) is 7.11 Å². The van der Waals surface area contributed by atoms with Crippen LogP contribution >= 0.6 is 0 Å². The highest BCUT2D eigenvalue weighted by atomic mass is 16.5. The lowest BCUT2D eigenvalue weighted by molar-refractivity contribution is -0.118. The molecule has 0 saturated carbocycles. The Kier molecular flexibility index (Phi) is 3.97. The first kappa shape index (κ1) is 12.9. The van der Waals surface area contributed by atoms with Crippen LogP contribution in [-0.2, 0) is 4.79 Å². The number of nitrogens with one attached hydrogen (secondary N) is 2.